The number of carbonyl (C=O) groups excluding carboxylic acids is 1. The van der Waals surface area contributed by atoms with Crippen LogP contribution in [0.3, 0.4) is 0 Å². The van der Waals surface area contributed by atoms with Crippen LogP contribution in [0.2, 0.25) is 0 Å². The number of carbonyl (C=O) groups is 1. The first-order valence-corrected chi connectivity index (χ1v) is 8.34. The molecule has 1 aromatic heterocycles. The molecule has 0 aliphatic heterocycles. The van der Waals surface area contributed by atoms with Crippen LogP contribution >= 0.6 is 0 Å². The summed E-state index contributed by atoms with van der Waals surface area (Å²) in [6, 6.07) is 6.68. The van der Waals surface area contributed by atoms with Gasteiger partial charge in [0.1, 0.15) is 11.3 Å². The predicted molar refractivity (Wildman–Crippen MR) is 98.5 cm³/mol. The largest absolute Gasteiger partial charge is 0.494 e. The molecule has 0 unspecified atom stereocenters. The number of nitrogens with zero attached hydrogens (tertiary/aromatic N) is 2. The molecule has 3 rings (SSSR count). The lowest BCUT2D eigenvalue weighted by Gasteiger charge is -2.12. The molecule has 2 aromatic carbocycles. The van der Waals surface area contributed by atoms with Crippen molar-refractivity contribution in [3.05, 3.63) is 47.7 Å². The minimum atomic E-state index is -0.636. The summed E-state index contributed by atoms with van der Waals surface area (Å²) in [6.07, 6.45) is 0.755. The first-order chi connectivity index (χ1) is 13.0. The van der Waals surface area contributed by atoms with Gasteiger partial charge >= 0.3 is 0 Å². The Hall–Kier alpha value is -3.29. The van der Waals surface area contributed by atoms with E-state index in [-0.39, 0.29) is 33.8 Å². The van der Waals surface area contributed by atoms with Crippen LogP contribution in [0.15, 0.2) is 30.3 Å². The van der Waals surface area contributed by atoms with Crippen molar-refractivity contribution in [1.82, 2.24) is 15.5 Å². The third kappa shape index (κ3) is 3.38. The van der Waals surface area contributed by atoms with Gasteiger partial charge in [0.25, 0.3) is 5.91 Å². The van der Waals surface area contributed by atoms with Gasteiger partial charge in [-0.15, -0.1) is 10.2 Å². The normalized spacial score (nSPS) is 10.8. The Labute approximate surface area is 154 Å². The SMILES string of the molecule is CCCNC(=O)c1nnc2c(-c3ccc(OC)c(F)c3)c(F)ccc2c1N. The number of fused-ring (bicyclic) bond motifs is 1. The van der Waals surface area contributed by atoms with Crippen molar-refractivity contribution >= 4 is 22.5 Å². The Balaban J connectivity index is 2.17. The van der Waals surface area contributed by atoms with Crippen LogP contribution in [0.1, 0.15) is 23.8 Å². The Morgan fingerprint density at radius 3 is 2.63 bits per heavy atom. The summed E-state index contributed by atoms with van der Waals surface area (Å²) in [5, 5.41) is 10.9. The van der Waals surface area contributed by atoms with E-state index in [2.05, 4.69) is 15.5 Å². The van der Waals surface area contributed by atoms with E-state index < -0.39 is 17.5 Å². The molecule has 0 fully saturated rings. The van der Waals surface area contributed by atoms with E-state index in [1.54, 1.807) is 0 Å². The van der Waals surface area contributed by atoms with Crippen molar-refractivity contribution in [2.24, 2.45) is 0 Å². The van der Waals surface area contributed by atoms with Crippen LogP contribution in [-0.2, 0) is 0 Å². The third-order valence-electron chi connectivity index (χ3n) is 4.11. The van der Waals surface area contributed by atoms with Crippen molar-refractivity contribution in [3.8, 4) is 16.9 Å². The molecule has 1 heterocycles. The molecule has 6 nitrogen and oxygen atoms in total. The number of methoxy groups -OCH3 is 1. The molecule has 0 bridgehead atoms. The van der Waals surface area contributed by atoms with E-state index in [0.29, 0.717) is 11.9 Å². The van der Waals surface area contributed by atoms with Crippen LogP contribution in [0.25, 0.3) is 22.0 Å². The van der Waals surface area contributed by atoms with Gasteiger partial charge < -0.3 is 15.8 Å². The monoisotopic (exact) mass is 372 g/mol. The van der Waals surface area contributed by atoms with Crippen LogP contribution < -0.4 is 15.8 Å². The molecule has 0 aliphatic rings. The predicted octanol–water partition coefficient (Wildman–Crippen LogP) is 3.31. The zero-order valence-electron chi connectivity index (χ0n) is 14.8. The highest BCUT2D eigenvalue weighted by molar-refractivity contribution is 6.07. The molecular formula is C19H18F2N4O2. The maximum atomic E-state index is 14.5. The zero-order valence-corrected chi connectivity index (χ0v) is 14.8. The van der Waals surface area contributed by atoms with Crippen molar-refractivity contribution in [3.63, 3.8) is 0 Å². The summed E-state index contributed by atoms with van der Waals surface area (Å²) in [6.45, 7) is 2.39. The average Bonchev–Trinajstić information content (AvgIpc) is 2.66. The standard InChI is InChI=1S/C19H18F2N4O2/c1-3-8-23-19(26)18-16(22)11-5-6-12(20)15(17(11)24-25-18)10-4-7-14(27-2)13(21)9-10/h4-7,9H,3,8H2,1-2H3,(H2,22,24)(H,23,26). The summed E-state index contributed by atoms with van der Waals surface area (Å²) in [5.41, 5.74) is 6.59. The molecule has 1 amide bonds. The van der Waals surface area contributed by atoms with Crippen molar-refractivity contribution in [1.29, 1.82) is 0 Å². The van der Waals surface area contributed by atoms with Crippen molar-refractivity contribution < 1.29 is 18.3 Å². The third-order valence-corrected chi connectivity index (χ3v) is 4.11. The van der Waals surface area contributed by atoms with E-state index in [4.69, 9.17) is 10.5 Å². The number of rotatable bonds is 5. The zero-order chi connectivity index (χ0) is 19.6. The van der Waals surface area contributed by atoms with Crippen molar-refractivity contribution in [2.45, 2.75) is 13.3 Å². The number of nitrogens with one attached hydrogen (secondary N) is 1. The van der Waals surface area contributed by atoms with Gasteiger partial charge in [-0.05, 0) is 36.2 Å². The topological polar surface area (TPSA) is 90.1 Å². The summed E-state index contributed by atoms with van der Waals surface area (Å²) in [4.78, 5) is 12.2. The van der Waals surface area contributed by atoms with Gasteiger partial charge in [0.05, 0.1) is 12.8 Å². The van der Waals surface area contributed by atoms with E-state index in [1.165, 1.54) is 31.4 Å². The first-order valence-electron chi connectivity index (χ1n) is 8.34. The Bertz CT molecular complexity index is 1020. The van der Waals surface area contributed by atoms with Gasteiger partial charge in [-0.1, -0.05) is 13.0 Å². The molecule has 0 radical (unpaired) electrons. The molecule has 3 aromatic rings. The van der Waals surface area contributed by atoms with Gasteiger partial charge in [-0.3, -0.25) is 4.79 Å². The summed E-state index contributed by atoms with van der Waals surface area (Å²) in [7, 11) is 1.34. The maximum absolute atomic E-state index is 14.5. The number of ether oxygens (including phenoxy) is 1. The Morgan fingerprint density at radius 2 is 1.96 bits per heavy atom. The second-order valence-corrected chi connectivity index (χ2v) is 5.89. The van der Waals surface area contributed by atoms with Gasteiger partial charge in [0.15, 0.2) is 17.3 Å². The minimum Gasteiger partial charge on any atom is -0.494 e. The van der Waals surface area contributed by atoms with Crippen LogP contribution in [0.4, 0.5) is 14.5 Å². The highest BCUT2D eigenvalue weighted by Crippen LogP contribution is 2.34. The van der Waals surface area contributed by atoms with Crippen LogP contribution in [0.5, 0.6) is 5.75 Å². The fraction of sp³-hybridized carbons (Fsp3) is 0.211. The quantitative estimate of drug-likeness (QED) is 0.717. The molecular weight excluding hydrogens is 354 g/mol. The molecule has 27 heavy (non-hydrogen) atoms. The number of halogens is 2. The molecule has 0 atom stereocenters. The fourth-order valence-electron chi connectivity index (χ4n) is 2.76. The molecule has 0 aliphatic carbocycles. The van der Waals surface area contributed by atoms with E-state index in [1.807, 2.05) is 6.92 Å². The number of hydrogen-bond acceptors (Lipinski definition) is 5. The highest BCUT2D eigenvalue weighted by Gasteiger charge is 2.20. The Morgan fingerprint density at radius 1 is 1.19 bits per heavy atom. The van der Waals surface area contributed by atoms with E-state index in [9.17, 15) is 13.6 Å². The Kier molecular flexibility index (Phi) is 5.16. The number of amides is 1. The average molecular weight is 372 g/mol. The van der Waals surface area contributed by atoms with Gasteiger partial charge in [0, 0.05) is 17.5 Å². The van der Waals surface area contributed by atoms with Gasteiger partial charge in [0.2, 0.25) is 0 Å². The number of anilines is 1. The van der Waals surface area contributed by atoms with E-state index in [0.717, 1.165) is 12.5 Å². The second-order valence-electron chi connectivity index (χ2n) is 5.89. The van der Waals surface area contributed by atoms with Gasteiger partial charge in [-0.25, -0.2) is 8.78 Å². The lowest BCUT2D eigenvalue weighted by molar-refractivity contribution is 0.0949. The lowest BCUT2D eigenvalue weighted by atomic mass is 10.00. The summed E-state index contributed by atoms with van der Waals surface area (Å²) < 4.78 is 33.5. The fourth-order valence-corrected chi connectivity index (χ4v) is 2.76. The number of nitrogens with two attached hydrogens (primary N) is 1. The first kappa shape index (κ1) is 18.5. The summed E-state index contributed by atoms with van der Waals surface area (Å²) >= 11 is 0. The van der Waals surface area contributed by atoms with E-state index >= 15 is 0 Å². The molecule has 0 saturated carbocycles. The van der Waals surface area contributed by atoms with Crippen LogP contribution in [0, 0.1) is 11.6 Å². The van der Waals surface area contributed by atoms with Gasteiger partial charge in [-0.2, -0.15) is 0 Å². The molecule has 8 heteroatoms. The smallest absolute Gasteiger partial charge is 0.273 e. The minimum absolute atomic E-state index is 0.0329. The second kappa shape index (κ2) is 7.53. The number of nitrogen functional groups attached to an aromatic ring is 1. The highest BCUT2D eigenvalue weighted by atomic mass is 19.1. The number of aromatic nitrogens is 2. The van der Waals surface area contributed by atoms with Crippen LogP contribution in [-0.4, -0.2) is 29.8 Å². The number of benzene rings is 2. The lowest BCUT2D eigenvalue weighted by Crippen LogP contribution is -2.26. The van der Waals surface area contributed by atoms with Crippen molar-refractivity contribution in [2.75, 3.05) is 19.4 Å². The maximum Gasteiger partial charge on any atom is 0.273 e. The molecule has 140 valence electrons. The molecule has 0 spiro atoms. The molecule has 0 saturated heterocycles. The number of hydrogen-bond donors (Lipinski definition) is 2. The summed E-state index contributed by atoms with van der Waals surface area (Å²) in [5.74, 6) is -1.66. The molecule has 3 N–H and O–H groups in total.